The quantitative estimate of drug-likeness (QED) is 0.864. The Morgan fingerprint density at radius 1 is 1.35 bits per heavy atom. The predicted octanol–water partition coefficient (Wildman–Crippen LogP) is 3.15. The molecule has 0 bridgehead atoms. The summed E-state index contributed by atoms with van der Waals surface area (Å²) < 4.78 is 1.05. The summed E-state index contributed by atoms with van der Waals surface area (Å²) >= 11 is 3.45. The summed E-state index contributed by atoms with van der Waals surface area (Å²) in [5.41, 5.74) is 1.17. The van der Waals surface area contributed by atoms with Gasteiger partial charge in [-0.1, -0.05) is 40.9 Å². The van der Waals surface area contributed by atoms with Crippen molar-refractivity contribution in [2.75, 3.05) is 13.2 Å². The smallest absolute Gasteiger partial charge is 0.223 e. The van der Waals surface area contributed by atoms with Gasteiger partial charge in [0.15, 0.2) is 0 Å². The lowest BCUT2D eigenvalue weighted by atomic mass is 10.1. The van der Waals surface area contributed by atoms with Crippen molar-refractivity contribution in [1.82, 2.24) is 4.90 Å². The first-order valence-corrected chi connectivity index (χ1v) is 8.15. The molecular weight excluding hydrogens is 318 g/mol. The van der Waals surface area contributed by atoms with Crippen LogP contribution >= 0.6 is 15.9 Å². The van der Waals surface area contributed by atoms with E-state index < -0.39 is 0 Å². The van der Waals surface area contributed by atoms with Crippen molar-refractivity contribution in [3.63, 3.8) is 0 Å². The first kappa shape index (κ1) is 15.5. The van der Waals surface area contributed by atoms with E-state index in [1.54, 1.807) is 0 Å². The molecule has 0 spiro atoms. The molecule has 1 saturated carbocycles. The highest BCUT2D eigenvalue weighted by molar-refractivity contribution is 9.10. The third-order valence-corrected chi connectivity index (χ3v) is 4.44. The maximum Gasteiger partial charge on any atom is 0.223 e. The molecule has 0 aliphatic heterocycles. The minimum atomic E-state index is 0.0547. The fraction of sp³-hybridized carbons (Fsp3) is 0.562. The summed E-state index contributed by atoms with van der Waals surface area (Å²) in [7, 11) is 0. The summed E-state index contributed by atoms with van der Waals surface area (Å²) in [6.07, 6.45) is 5.85. The number of aliphatic hydroxyl groups is 1. The Morgan fingerprint density at radius 2 is 2.10 bits per heavy atom. The van der Waals surface area contributed by atoms with Gasteiger partial charge in [-0.25, -0.2) is 0 Å². The Balaban J connectivity index is 1.91. The molecule has 1 aromatic rings. The number of carbonyl (C=O) groups is 1. The van der Waals surface area contributed by atoms with Crippen LogP contribution in [0.15, 0.2) is 28.7 Å². The molecule has 0 atom stereocenters. The van der Waals surface area contributed by atoms with E-state index in [1.807, 2.05) is 23.1 Å². The molecule has 0 aromatic heterocycles. The second-order valence-corrected chi connectivity index (χ2v) is 6.29. The lowest BCUT2D eigenvalue weighted by Crippen LogP contribution is -2.40. The van der Waals surface area contributed by atoms with Crippen molar-refractivity contribution < 1.29 is 9.90 Å². The lowest BCUT2D eigenvalue weighted by molar-refractivity contribution is -0.134. The predicted molar refractivity (Wildman–Crippen MR) is 83.5 cm³/mol. The minimum Gasteiger partial charge on any atom is -0.395 e. The molecule has 0 saturated heterocycles. The van der Waals surface area contributed by atoms with Crippen molar-refractivity contribution in [2.45, 2.75) is 44.6 Å². The van der Waals surface area contributed by atoms with Crippen molar-refractivity contribution in [3.05, 3.63) is 34.3 Å². The average molecular weight is 340 g/mol. The number of halogens is 1. The van der Waals surface area contributed by atoms with Crippen LogP contribution in [-0.2, 0) is 11.2 Å². The van der Waals surface area contributed by atoms with Crippen LogP contribution < -0.4 is 0 Å². The molecule has 4 heteroatoms. The molecule has 1 aromatic carbocycles. The maximum atomic E-state index is 12.4. The van der Waals surface area contributed by atoms with Crippen LogP contribution in [0.25, 0.3) is 0 Å². The Morgan fingerprint density at radius 3 is 2.75 bits per heavy atom. The van der Waals surface area contributed by atoms with Gasteiger partial charge in [-0.3, -0.25) is 4.79 Å². The van der Waals surface area contributed by atoms with Gasteiger partial charge in [0.05, 0.1) is 6.61 Å². The number of rotatable bonds is 6. The first-order valence-electron chi connectivity index (χ1n) is 7.35. The van der Waals surface area contributed by atoms with Gasteiger partial charge in [-0.15, -0.1) is 0 Å². The summed E-state index contributed by atoms with van der Waals surface area (Å²) in [6, 6.07) is 8.43. The Hall–Kier alpha value is -0.870. The number of hydrogen-bond donors (Lipinski definition) is 1. The van der Waals surface area contributed by atoms with E-state index in [9.17, 15) is 4.79 Å². The number of aliphatic hydroxyl groups excluding tert-OH is 1. The Labute approximate surface area is 129 Å². The largest absolute Gasteiger partial charge is 0.395 e. The van der Waals surface area contributed by atoms with Gasteiger partial charge >= 0.3 is 0 Å². The molecule has 0 radical (unpaired) electrons. The SMILES string of the molecule is O=C(CCc1cccc(Br)c1)N(CCO)C1CCCC1. The van der Waals surface area contributed by atoms with Crippen LogP contribution in [0.3, 0.4) is 0 Å². The second-order valence-electron chi connectivity index (χ2n) is 5.38. The summed E-state index contributed by atoms with van der Waals surface area (Å²) in [6.45, 7) is 0.529. The fourth-order valence-electron chi connectivity index (χ4n) is 2.92. The number of hydrogen-bond acceptors (Lipinski definition) is 2. The van der Waals surface area contributed by atoms with Crippen LogP contribution in [0.2, 0.25) is 0 Å². The van der Waals surface area contributed by atoms with E-state index in [0.29, 0.717) is 19.0 Å². The molecule has 1 aliphatic carbocycles. The Bertz CT molecular complexity index is 444. The van der Waals surface area contributed by atoms with Crippen LogP contribution in [0.1, 0.15) is 37.7 Å². The van der Waals surface area contributed by atoms with Gasteiger partial charge < -0.3 is 10.0 Å². The topological polar surface area (TPSA) is 40.5 Å². The van der Waals surface area contributed by atoms with Crippen LogP contribution in [0, 0.1) is 0 Å². The second kappa shape index (κ2) is 7.79. The number of nitrogens with zero attached hydrogens (tertiary/aromatic N) is 1. The van der Waals surface area contributed by atoms with Gasteiger partial charge in [0, 0.05) is 23.5 Å². The van der Waals surface area contributed by atoms with E-state index in [4.69, 9.17) is 5.11 Å². The molecular formula is C16H22BrNO2. The molecule has 0 heterocycles. The maximum absolute atomic E-state index is 12.4. The zero-order valence-electron chi connectivity index (χ0n) is 11.7. The summed E-state index contributed by atoms with van der Waals surface area (Å²) in [5.74, 6) is 0.172. The Kier molecular flexibility index (Phi) is 6.05. The molecule has 0 unspecified atom stereocenters. The number of amides is 1. The van der Waals surface area contributed by atoms with Crippen molar-refractivity contribution in [3.8, 4) is 0 Å². The molecule has 1 N–H and O–H groups in total. The van der Waals surface area contributed by atoms with Crippen LogP contribution in [0.5, 0.6) is 0 Å². The zero-order chi connectivity index (χ0) is 14.4. The third kappa shape index (κ3) is 4.32. The van der Waals surface area contributed by atoms with E-state index in [-0.39, 0.29) is 12.5 Å². The molecule has 1 amide bonds. The van der Waals surface area contributed by atoms with E-state index in [1.165, 1.54) is 18.4 Å². The first-order chi connectivity index (χ1) is 9.70. The van der Waals surface area contributed by atoms with E-state index in [0.717, 1.165) is 23.7 Å². The highest BCUT2D eigenvalue weighted by Crippen LogP contribution is 2.24. The minimum absolute atomic E-state index is 0.0547. The number of carbonyl (C=O) groups excluding carboxylic acids is 1. The monoisotopic (exact) mass is 339 g/mol. The van der Waals surface area contributed by atoms with Gasteiger partial charge in [0.25, 0.3) is 0 Å². The third-order valence-electron chi connectivity index (χ3n) is 3.94. The zero-order valence-corrected chi connectivity index (χ0v) is 13.3. The average Bonchev–Trinajstić information content (AvgIpc) is 2.96. The normalized spacial score (nSPS) is 15.5. The number of benzene rings is 1. The molecule has 1 aliphatic rings. The molecule has 20 heavy (non-hydrogen) atoms. The van der Waals surface area contributed by atoms with Gasteiger partial charge in [-0.05, 0) is 37.0 Å². The molecule has 110 valence electrons. The summed E-state index contributed by atoms with van der Waals surface area (Å²) in [5, 5.41) is 9.17. The number of aryl methyl sites for hydroxylation is 1. The molecule has 3 nitrogen and oxygen atoms in total. The highest BCUT2D eigenvalue weighted by Gasteiger charge is 2.25. The van der Waals surface area contributed by atoms with Crippen molar-refractivity contribution >= 4 is 21.8 Å². The van der Waals surface area contributed by atoms with Crippen LogP contribution in [0.4, 0.5) is 0 Å². The lowest BCUT2D eigenvalue weighted by Gasteiger charge is -2.28. The molecule has 1 fully saturated rings. The van der Waals surface area contributed by atoms with Crippen molar-refractivity contribution in [2.24, 2.45) is 0 Å². The molecule has 2 rings (SSSR count). The van der Waals surface area contributed by atoms with E-state index in [2.05, 4.69) is 22.0 Å². The fourth-order valence-corrected chi connectivity index (χ4v) is 3.37. The van der Waals surface area contributed by atoms with Gasteiger partial charge in [0.2, 0.25) is 5.91 Å². The van der Waals surface area contributed by atoms with Gasteiger partial charge in [0.1, 0.15) is 0 Å². The summed E-state index contributed by atoms with van der Waals surface area (Å²) in [4.78, 5) is 14.3. The van der Waals surface area contributed by atoms with E-state index >= 15 is 0 Å². The van der Waals surface area contributed by atoms with Crippen LogP contribution in [-0.4, -0.2) is 35.1 Å². The van der Waals surface area contributed by atoms with Gasteiger partial charge in [-0.2, -0.15) is 0 Å². The highest BCUT2D eigenvalue weighted by atomic mass is 79.9. The standard InChI is InChI=1S/C16H22BrNO2/c17-14-5-3-4-13(12-14)8-9-16(20)18(10-11-19)15-6-1-2-7-15/h3-5,12,15,19H,1-2,6-11H2. The van der Waals surface area contributed by atoms with Crippen molar-refractivity contribution in [1.29, 1.82) is 0 Å².